The summed E-state index contributed by atoms with van der Waals surface area (Å²) >= 11 is 1.58. The van der Waals surface area contributed by atoms with E-state index >= 15 is 0 Å². The van der Waals surface area contributed by atoms with E-state index in [4.69, 9.17) is 10.2 Å². The molecule has 4 N–H and O–H groups in total. The standard InChI is InChI=1S/C11H16N2O4S/c1-6-3-4-9(18-6)7(2)13-11(17)12-5-8(14)10(15)16/h3-4,7-8,14H,5H2,1-2H3,(H,15,16)(H2,12,13,17)/t7?,8-/m0/s1. The minimum absolute atomic E-state index is 0.161. The fourth-order valence-electron chi connectivity index (χ4n) is 1.28. The lowest BCUT2D eigenvalue weighted by Crippen LogP contribution is -2.42. The van der Waals surface area contributed by atoms with Crippen molar-refractivity contribution in [3.63, 3.8) is 0 Å². The number of carboxylic acid groups (broad SMARTS) is 1. The van der Waals surface area contributed by atoms with Gasteiger partial charge >= 0.3 is 12.0 Å². The molecule has 1 rings (SSSR count). The molecule has 0 saturated heterocycles. The van der Waals surface area contributed by atoms with Crippen LogP contribution in [-0.2, 0) is 4.79 Å². The number of aliphatic carboxylic acids is 1. The third kappa shape index (κ3) is 4.34. The van der Waals surface area contributed by atoms with Crippen LogP contribution in [0.5, 0.6) is 0 Å². The number of hydrogen-bond donors (Lipinski definition) is 4. The molecule has 0 bridgehead atoms. The van der Waals surface area contributed by atoms with Crippen LogP contribution in [0.15, 0.2) is 12.1 Å². The molecule has 0 aliphatic carbocycles. The van der Waals surface area contributed by atoms with Gasteiger partial charge in [-0.25, -0.2) is 9.59 Å². The Kier molecular flexibility index (Phi) is 5.11. The normalized spacial score (nSPS) is 13.7. The lowest BCUT2D eigenvalue weighted by molar-refractivity contribution is -0.146. The van der Waals surface area contributed by atoms with Gasteiger partial charge in [-0.1, -0.05) is 0 Å². The number of amides is 2. The zero-order valence-electron chi connectivity index (χ0n) is 10.1. The number of urea groups is 1. The Morgan fingerprint density at radius 2 is 2.11 bits per heavy atom. The van der Waals surface area contributed by atoms with Crippen LogP contribution in [-0.4, -0.2) is 34.9 Å². The average Bonchev–Trinajstić information content (AvgIpc) is 2.72. The Bertz CT molecular complexity index is 432. The number of aliphatic hydroxyl groups is 1. The van der Waals surface area contributed by atoms with Gasteiger partial charge in [0.25, 0.3) is 0 Å². The first-order valence-corrected chi connectivity index (χ1v) is 6.23. The third-order valence-electron chi connectivity index (χ3n) is 2.28. The number of aryl methyl sites for hydroxylation is 1. The number of carbonyl (C=O) groups is 2. The topological polar surface area (TPSA) is 98.7 Å². The van der Waals surface area contributed by atoms with E-state index in [0.29, 0.717) is 0 Å². The van der Waals surface area contributed by atoms with Crippen molar-refractivity contribution in [2.24, 2.45) is 0 Å². The number of rotatable bonds is 5. The Morgan fingerprint density at radius 3 is 2.61 bits per heavy atom. The molecule has 2 amide bonds. The van der Waals surface area contributed by atoms with E-state index < -0.39 is 18.1 Å². The van der Waals surface area contributed by atoms with E-state index in [0.717, 1.165) is 9.75 Å². The lowest BCUT2D eigenvalue weighted by Gasteiger charge is -2.14. The zero-order valence-corrected chi connectivity index (χ0v) is 11.0. The van der Waals surface area contributed by atoms with Crippen molar-refractivity contribution in [1.29, 1.82) is 0 Å². The van der Waals surface area contributed by atoms with Gasteiger partial charge in [0, 0.05) is 9.75 Å². The molecule has 0 fully saturated rings. The van der Waals surface area contributed by atoms with E-state index in [1.165, 1.54) is 0 Å². The number of carboxylic acids is 1. The van der Waals surface area contributed by atoms with E-state index in [2.05, 4.69) is 10.6 Å². The molecule has 0 aliphatic heterocycles. The smallest absolute Gasteiger partial charge is 0.334 e. The predicted octanol–water partition coefficient (Wildman–Crippen LogP) is 0.862. The monoisotopic (exact) mass is 272 g/mol. The summed E-state index contributed by atoms with van der Waals surface area (Å²) in [6.07, 6.45) is -1.59. The van der Waals surface area contributed by atoms with Gasteiger partial charge in [0.05, 0.1) is 12.6 Å². The summed E-state index contributed by atoms with van der Waals surface area (Å²) in [5.41, 5.74) is 0. The number of hydrogen-bond acceptors (Lipinski definition) is 4. The maximum atomic E-state index is 11.4. The molecule has 100 valence electrons. The van der Waals surface area contributed by atoms with Gasteiger partial charge in [0.15, 0.2) is 6.10 Å². The molecule has 1 aromatic heterocycles. The number of aliphatic hydroxyl groups excluding tert-OH is 1. The second-order valence-corrected chi connectivity index (χ2v) is 5.20. The molecule has 1 aromatic rings. The van der Waals surface area contributed by atoms with Crippen LogP contribution in [0, 0.1) is 6.92 Å². The Balaban J connectivity index is 2.38. The predicted molar refractivity (Wildman–Crippen MR) is 67.6 cm³/mol. The molecule has 0 radical (unpaired) electrons. The van der Waals surface area contributed by atoms with Gasteiger partial charge in [-0.15, -0.1) is 11.3 Å². The van der Waals surface area contributed by atoms with Crippen LogP contribution in [0.4, 0.5) is 4.79 Å². The maximum Gasteiger partial charge on any atom is 0.334 e. The van der Waals surface area contributed by atoms with E-state index in [1.807, 2.05) is 26.0 Å². The minimum atomic E-state index is -1.59. The van der Waals surface area contributed by atoms with Gasteiger partial charge < -0.3 is 20.8 Å². The second-order valence-electron chi connectivity index (χ2n) is 3.88. The minimum Gasteiger partial charge on any atom is -0.479 e. The summed E-state index contributed by atoms with van der Waals surface area (Å²) in [6.45, 7) is 3.49. The highest BCUT2D eigenvalue weighted by atomic mass is 32.1. The SMILES string of the molecule is Cc1ccc(C(C)NC(=O)NC[C@H](O)C(=O)O)s1. The van der Waals surface area contributed by atoms with Gasteiger partial charge in [0.2, 0.25) is 0 Å². The van der Waals surface area contributed by atoms with Crippen LogP contribution < -0.4 is 10.6 Å². The Hall–Kier alpha value is -1.60. The molecule has 1 unspecified atom stereocenters. The maximum absolute atomic E-state index is 11.4. The first kappa shape index (κ1) is 14.5. The molecule has 0 aromatic carbocycles. The first-order valence-electron chi connectivity index (χ1n) is 5.41. The molecular weight excluding hydrogens is 256 g/mol. The summed E-state index contributed by atoms with van der Waals surface area (Å²) in [6, 6.07) is 3.22. The van der Waals surface area contributed by atoms with Crippen LogP contribution >= 0.6 is 11.3 Å². The van der Waals surface area contributed by atoms with Crippen molar-refractivity contribution >= 4 is 23.3 Å². The molecule has 6 nitrogen and oxygen atoms in total. The summed E-state index contributed by atoms with van der Waals surface area (Å²) in [7, 11) is 0. The number of thiophene rings is 1. The van der Waals surface area contributed by atoms with Crippen LogP contribution in [0.2, 0.25) is 0 Å². The highest BCUT2D eigenvalue weighted by Gasteiger charge is 2.15. The summed E-state index contributed by atoms with van der Waals surface area (Å²) in [4.78, 5) is 23.9. The molecule has 7 heteroatoms. The quantitative estimate of drug-likeness (QED) is 0.639. The molecular formula is C11H16N2O4S. The first-order chi connectivity index (χ1) is 8.40. The van der Waals surface area contributed by atoms with E-state index in [9.17, 15) is 9.59 Å². The van der Waals surface area contributed by atoms with Crippen molar-refractivity contribution < 1.29 is 19.8 Å². The van der Waals surface area contributed by atoms with Crippen LogP contribution in [0.3, 0.4) is 0 Å². The van der Waals surface area contributed by atoms with E-state index in [1.54, 1.807) is 11.3 Å². The van der Waals surface area contributed by atoms with Crippen molar-refractivity contribution in [2.45, 2.75) is 26.0 Å². The fourth-order valence-corrected chi connectivity index (χ4v) is 2.16. The van der Waals surface area contributed by atoms with Crippen molar-refractivity contribution in [3.05, 3.63) is 21.9 Å². The van der Waals surface area contributed by atoms with Gasteiger partial charge in [0.1, 0.15) is 0 Å². The Labute approximate surface area is 109 Å². The number of carbonyl (C=O) groups excluding carboxylic acids is 1. The molecule has 0 spiro atoms. The average molecular weight is 272 g/mol. The third-order valence-corrected chi connectivity index (χ3v) is 3.46. The second kappa shape index (κ2) is 6.36. The summed E-state index contributed by atoms with van der Waals surface area (Å²) in [5.74, 6) is -1.36. The van der Waals surface area contributed by atoms with Crippen molar-refractivity contribution in [3.8, 4) is 0 Å². The summed E-state index contributed by atoms with van der Waals surface area (Å²) in [5, 5.41) is 22.4. The highest BCUT2D eigenvalue weighted by molar-refractivity contribution is 7.12. The largest absolute Gasteiger partial charge is 0.479 e. The van der Waals surface area contributed by atoms with E-state index in [-0.39, 0.29) is 12.6 Å². The Morgan fingerprint density at radius 1 is 1.44 bits per heavy atom. The van der Waals surface area contributed by atoms with Crippen LogP contribution in [0.25, 0.3) is 0 Å². The van der Waals surface area contributed by atoms with Crippen LogP contribution in [0.1, 0.15) is 22.7 Å². The highest BCUT2D eigenvalue weighted by Crippen LogP contribution is 2.21. The van der Waals surface area contributed by atoms with Gasteiger partial charge in [-0.3, -0.25) is 0 Å². The fraction of sp³-hybridized carbons (Fsp3) is 0.455. The molecule has 1 heterocycles. The molecule has 0 aliphatic rings. The lowest BCUT2D eigenvalue weighted by atomic mass is 10.3. The number of nitrogens with one attached hydrogen (secondary N) is 2. The summed E-state index contributed by atoms with van der Waals surface area (Å²) < 4.78 is 0. The van der Waals surface area contributed by atoms with Crippen molar-refractivity contribution in [2.75, 3.05) is 6.54 Å². The molecule has 0 saturated carbocycles. The zero-order chi connectivity index (χ0) is 13.7. The van der Waals surface area contributed by atoms with Gasteiger partial charge in [-0.2, -0.15) is 0 Å². The molecule has 2 atom stereocenters. The molecule has 18 heavy (non-hydrogen) atoms. The van der Waals surface area contributed by atoms with Crippen molar-refractivity contribution in [1.82, 2.24) is 10.6 Å². The van der Waals surface area contributed by atoms with Gasteiger partial charge in [-0.05, 0) is 26.0 Å².